The van der Waals surface area contributed by atoms with Gasteiger partial charge in [0.15, 0.2) is 6.10 Å². The van der Waals surface area contributed by atoms with E-state index in [4.69, 9.17) is 18.9 Å². The second kappa shape index (κ2) is 60.8. The van der Waals surface area contributed by atoms with Crippen LogP contribution in [0.3, 0.4) is 0 Å². The molecule has 0 aliphatic carbocycles. The number of allylic oxidation sites excluding steroid dienone is 20. The predicted molar refractivity (Wildman–Crippen MR) is 341 cm³/mol. The fourth-order valence-electron chi connectivity index (χ4n) is 8.53. The number of carboxylic acids is 1. The molecule has 0 aliphatic rings. The third-order valence-electron chi connectivity index (χ3n) is 13.5. The number of quaternary nitrogens is 1. The van der Waals surface area contributed by atoms with Crippen molar-refractivity contribution in [2.45, 2.75) is 264 Å². The summed E-state index contributed by atoms with van der Waals surface area (Å²) in [5, 5.41) is 9.70. The molecule has 0 radical (unpaired) electrons. The third-order valence-corrected chi connectivity index (χ3v) is 13.5. The Morgan fingerprint density at radius 2 is 0.713 bits per heavy atom. The maximum absolute atomic E-state index is 12.9. The molecule has 0 aromatic carbocycles. The lowest BCUT2D eigenvalue weighted by Gasteiger charge is -2.25. The Hall–Kier alpha value is -4.31. The van der Waals surface area contributed by atoms with Crippen molar-refractivity contribution < 1.29 is 42.9 Å². The number of unbranched alkanes of at least 4 members (excludes halogenated alkanes) is 23. The molecule has 1 N–H and O–H groups in total. The van der Waals surface area contributed by atoms with E-state index in [9.17, 15) is 19.5 Å². The van der Waals surface area contributed by atoms with E-state index < -0.39 is 24.3 Å². The zero-order chi connectivity index (χ0) is 58.3. The van der Waals surface area contributed by atoms with Gasteiger partial charge in [-0.2, -0.15) is 0 Å². The smallest absolute Gasteiger partial charge is 0.361 e. The number of carbonyl (C=O) groups is 3. The molecule has 0 amide bonds. The van der Waals surface area contributed by atoms with Gasteiger partial charge in [-0.05, 0) is 109 Å². The number of hydrogen-bond donors (Lipinski definition) is 1. The molecule has 0 aromatic rings. The van der Waals surface area contributed by atoms with Crippen LogP contribution in [0.2, 0.25) is 0 Å². The van der Waals surface area contributed by atoms with Crippen LogP contribution in [0.4, 0.5) is 0 Å². The van der Waals surface area contributed by atoms with Gasteiger partial charge < -0.3 is 28.5 Å². The van der Waals surface area contributed by atoms with Crippen molar-refractivity contribution in [2.24, 2.45) is 0 Å². The van der Waals surface area contributed by atoms with E-state index in [1.807, 2.05) is 21.1 Å². The van der Waals surface area contributed by atoms with E-state index in [1.165, 1.54) is 103 Å². The van der Waals surface area contributed by atoms with Crippen molar-refractivity contribution in [3.05, 3.63) is 122 Å². The van der Waals surface area contributed by atoms with E-state index in [1.54, 1.807) is 0 Å². The molecule has 2 unspecified atom stereocenters. The van der Waals surface area contributed by atoms with Crippen molar-refractivity contribution in [2.75, 3.05) is 47.5 Å². The zero-order valence-corrected chi connectivity index (χ0v) is 51.9. The van der Waals surface area contributed by atoms with Gasteiger partial charge in [0.25, 0.3) is 6.29 Å². The monoisotopic (exact) mass is 1110 g/mol. The van der Waals surface area contributed by atoms with Crippen LogP contribution in [-0.2, 0) is 33.3 Å². The van der Waals surface area contributed by atoms with Crippen molar-refractivity contribution in [3.8, 4) is 0 Å². The first-order valence-electron chi connectivity index (χ1n) is 32.2. The van der Waals surface area contributed by atoms with Crippen molar-refractivity contribution in [3.63, 3.8) is 0 Å². The SMILES string of the molecule is CC/C=C\C/C=C\C/C=C\C/C=C\C/C=C\C/C=C\C/C=C\C/C=C\C/C=C\CCCCCCCCCCCCCCCC(=O)OC(COC(=O)CCCCCCC/C=C\CCCCCCC)COC(OCC[N+](C)(C)C)C(=O)O. The fourth-order valence-corrected chi connectivity index (χ4v) is 8.53. The van der Waals surface area contributed by atoms with Gasteiger partial charge in [-0.1, -0.05) is 251 Å². The minimum atomic E-state index is -1.52. The van der Waals surface area contributed by atoms with E-state index >= 15 is 0 Å². The Bertz CT molecular complexity index is 1730. The average molecular weight is 1120 g/mol. The van der Waals surface area contributed by atoms with Crippen molar-refractivity contribution in [1.29, 1.82) is 0 Å². The lowest BCUT2D eigenvalue weighted by Crippen LogP contribution is -2.40. The van der Waals surface area contributed by atoms with Gasteiger partial charge in [-0.25, -0.2) is 4.79 Å². The van der Waals surface area contributed by atoms with E-state index in [-0.39, 0.29) is 38.6 Å². The lowest BCUT2D eigenvalue weighted by molar-refractivity contribution is -0.870. The number of nitrogens with zero attached hydrogens (tertiary/aromatic N) is 1. The van der Waals surface area contributed by atoms with Crippen LogP contribution in [-0.4, -0.2) is 87.4 Å². The van der Waals surface area contributed by atoms with E-state index in [0.717, 1.165) is 116 Å². The molecule has 9 nitrogen and oxygen atoms in total. The van der Waals surface area contributed by atoms with Gasteiger partial charge in [-0.15, -0.1) is 0 Å². The summed E-state index contributed by atoms with van der Waals surface area (Å²) in [6.07, 6.45) is 83.0. The Morgan fingerprint density at radius 3 is 1.07 bits per heavy atom. The first-order chi connectivity index (χ1) is 39.1. The first kappa shape index (κ1) is 75.7. The minimum absolute atomic E-state index is 0.182. The molecule has 0 fully saturated rings. The Labute approximate surface area is 491 Å². The number of ether oxygens (including phenoxy) is 4. The molecular weight excluding hydrogens is 995 g/mol. The van der Waals surface area contributed by atoms with Crippen LogP contribution in [0, 0.1) is 0 Å². The Morgan fingerprint density at radius 1 is 0.388 bits per heavy atom. The molecule has 0 aromatic heterocycles. The van der Waals surface area contributed by atoms with E-state index in [2.05, 4.69) is 135 Å². The lowest BCUT2D eigenvalue weighted by atomic mass is 10.0. The molecule has 456 valence electrons. The Kier molecular flexibility index (Phi) is 57.5. The van der Waals surface area contributed by atoms with Crippen molar-refractivity contribution in [1.82, 2.24) is 0 Å². The highest BCUT2D eigenvalue weighted by Gasteiger charge is 2.25. The molecule has 80 heavy (non-hydrogen) atoms. The van der Waals surface area contributed by atoms with Crippen molar-refractivity contribution >= 4 is 17.9 Å². The predicted octanol–water partition coefficient (Wildman–Crippen LogP) is 19.6. The summed E-state index contributed by atoms with van der Waals surface area (Å²) >= 11 is 0. The molecule has 0 rings (SSSR count). The average Bonchev–Trinajstić information content (AvgIpc) is 3.43. The Balaban J connectivity index is 4.08. The number of carboxylic acid groups (broad SMARTS) is 1. The molecule has 0 heterocycles. The summed E-state index contributed by atoms with van der Waals surface area (Å²) in [7, 11) is 5.96. The zero-order valence-electron chi connectivity index (χ0n) is 51.9. The highest BCUT2D eigenvalue weighted by atomic mass is 16.7. The van der Waals surface area contributed by atoms with Crippen LogP contribution in [0.15, 0.2) is 122 Å². The summed E-state index contributed by atoms with van der Waals surface area (Å²) in [4.78, 5) is 37.4. The van der Waals surface area contributed by atoms with Crippen LogP contribution in [0.1, 0.15) is 251 Å². The molecule has 0 saturated heterocycles. The summed E-state index contributed by atoms with van der Waals surface area (Å²) in [6, 6.07) is 0. The second-order valence-corrected chi connectivity index (χ2v) is 22.3. The van der Waals surface area contributed by atoms with Gasteiger partial charge in [0, 0.05) is 12.8 Å². The number of rotatable bonds is 58. The maximum atomic E-state index is 12.9. The normalized spacial score (nSPS) is 13.6. The number of likely N-dealkylation sites (N-methyl/N-ethyl adjacent to an activating group) is 1. The largest absolute Gasteiger partial charge is 0.477 e. The summed E-state index contributed by atoms with van der Waals surface area (Å²) in [5.41, 5.74) is 0. The summed E-state index contributed by atoms with van der Waals surface area (Å²) in [5.74, 6) is -2.02. The summed E-state index contributed by atoms with van der Waals surface area (Å²) < 4.78 is 22.9. The molecule has 0 spiro atoms. The van der Waals surface area contributed by atoms with Crippen LogP contribution in [0.5, 0.6) is 0 Å². The standard InChI is InChI=1S/C71H119NO8/c1-6-8-10-12-14-16-18-20-22-23-24-25-26-27-28-29-30-31-32-33-34-35-36-37-38-39-40-41-42-43-44-45-46-47-48-50-52-54-56-58-60-62-69(74)80-67(66-79-71(70(75)76)77-64-63-72(3,4)5)65-78-68(73)61-59-57-55-53-51-49-21-19-17-15-13-11-9-7-2/h8,10,14,16,19-22,24-25,27-28,30-31,33-34,36-37,39-40,67,71H,6-7,9,11-13,15,17-18,23,26,29,32,35,38,41-66H2,1-5H3/p+1/b10-8-,16-14-,21-19-,22-20-,25-24-,28-27-,31-30-,34-33-,37-36-,40-39-. The molecule has 9 heteroatoms. The first-order valence-corrected chi connectivity index (χ1v) is 32.2. The highest BCUT2D eigenvalue weighted by molar-refractivity contribution is 5.71. The highest BCUT2D eigenvalue weighted by Crippen LogP contribution is 2.16. The second-order valence-electron chi connectivity index (χ2n) is 22.3. The molecule has 0 saturated carbocycles. The number of esters is 2. The number of carbonyl (C=O) groups excluding carboxylic acids is 2. The molecule has 0 aliphatic heterocycles. The quantitative estimate of drug-likeness (QED) is 0.0211. The van der Waals surface area contributed by atoms with Crippen LogP contribution >= 0.6 is 0 Å². The number of aliphatic carboxylic acids is 1. The van der Waals surface area contributed by atoms with Gasteiger partial charge in [0.2, 0.25) is 0 Å². The van der Waals surface area contributed by atoms with Gasteiger partial charge >= 0.3 is 17.9 Å². The van der Waals surface area contributed by atoms with Crippen LogP contribution < -0.4 is 0 Å². The third kappa shape index (κ3) is 61.3. The molecule has 2 atom stereocenters. The fraction of sp³-hybridized carbons (Fsp3) is 0.676. The molecule has 0 bridgehead atoms. The number of hydrogen-bond acceptors (Lipinski definition) is 7. The minimum Gasteiger partial charge on any atom is -0.477 e. The van der Waals surface area contributed by atoms with Crippen LogP contribution in [0.25, 0.3) is 0 Å². The van der Waals surface area contributed by atoms with Gasteiger partial charge in [0.05, 0.1) is 34.4 Å². The summed E-state index contributed by atoms with van der Waals surface area (Å²) in [6.45, 7) is 4.74. The van der Waals surface area contributed by atoms with Gasteiger partial charge in [0.1, 0.15) is 13.2 Å². The maximum Gasteiger partial charge on any atom is 0.361 e. The van der Waals surface area contributed by atoms with Gasteiger partial charge in [-0.3, -0.25) is 9.59 Å². The van der Waals surface area contributed by atoms with E-state index in [0.29, 0.717) is 17.4 Å². The topological polar surface area (TPSA) is 108 Å². The molecular formula is C71H120NO8+.